The average molecular weight is 395 g/mol. The number of alkyl halides is 3. The molecule has 2 N–H and O–H groups in total. The van der Waals surface area contributed by atoms with Gasteiger partial charge in [0.05, 0.1) is 10.5 Å². The molecule has 0 spiro atoms. The topological polar surface area (TPSA) is 84.3 Å². The largest absolute Gasteiger partial charge is 0.416 e. The first-order chi connectivity index (χ1) is 12.6. The van der Waals surface area contributed by atoms with Crippen LogP contribution in [-0.4, -0.2) is 15.9 Å². The summed E-state index contributed by atoms with van der Waals surface area (Å²) in [4.78, 5) is 21.8. The molecule has 1 amide bonds. The number of nitro benzene ring substituents is 1. The summed E-state index contributed by atoms with van der Waals surface area (Å²) in [5.74, 6) is -0.613. The number of halogens is 3. The molecule has 0 aliphatic rings. The Hall–Kier alpha value is -3.27. The van der Waals surface area contributed by atoms with E-state index in [1.807, 2.05) is 0 Å². The Labute approximate surface area is 156 Å². The Morgan fingerprint density at radius 3 is 2.41 bits per heavy atom. The number of amides is 1. The number of hydrogen-bond acceptors (Lipinski definition) is 4. The average Bonchev–Trinajstić information content (AvgIpc) is 2.59. The van der Waals surface area contributed by atoms with E-state index in [1.165, 1.54) is 42.5 Å². The molecule has 0 saturated heterocycles. The van der Waals surface area contributed by atoms with Crippen molar-refractivity contribution >= 4 is 40.7 Å². The standard InChI is InChI=1S/C17H12F3N3O3S/c18-17(19,20)12-2-1-3-13(10-12)21-16(27)22-15(24)9-6-11-4-7-14(8-5-11)23(25)26/h1-10H,(H2,21,22,24,27)/b9-6+. The first-order valence-electron chi connectivity index (χ1n) is 7.37. The Bertz CT molecular complexity index is 896. The van der Waals surface area contributed by atoms with E-state index in [9.17, 15) is 28.1 Å². The number of hydrogen-bond donors (Lipinski definition) is 2. The summed E-state index contributed by atoms with van der Waals surface area (Å²) in [6.07, 6.45) is -1.94. The molecule has 0 atom stereocenters. The number of nitro groups is 1. The molecular formula is C17H12F3N3O3S. The summed E-state index contributed by atoms with van der Waals surface area (Å²) in [7, 11) is 0. The van der Waals surface area contributed by atoms with Crippen molar-refractivity contribution in [2.24, 2.45) is 0 Å². The highest BCUT2D eigenvalue weighted by Crippen LogP contribution is 2.30. The Morgan fingerprint density at radius 2 is 1.81 bits per heavy atom. The van der Waals surface area contributed by atoms with E-state index in [0.717, 1.165) is 18.2 Å². The van der Waals surface area contributed by atoms with Gasteiger partial charge in [-0.3, -0.25) is 20.2 Å². The van der Waals surface area contributed by atoms with Gasteiger partial charge in [-0.25, -0.2) is 0 Å². The fourth-order valence-corrected chi connectivity index (χ4v) is 2.19. The van der Waals surface area contributed by atoms with Crippen LogP contribution in [0.1, 0.15) is 11.1 Å². The van der Waals surface area contributed by atoms with Crippen LogP contribution in [0, 0.1) is 10.1 Å². The molecule has 2 aromatic carbocycles. The Morgan fingerprint density at radius 1 is 1.15 bits per heavy atom. The van der Waals surface area contributed by atoms with E-state index < -0.39 is 22.6 Å². The molecule has 140 valence electrons. The van der Waals surface area contributed by atoms with Gasteiger partial charge in [0.15, 0.2) is 5.11 Å². The van der Waals surface area contributed by atoms with Crippen molar-refractivity contribution in [2.75, 3.05) is 5.32 Å². The monoisotopic (exact) mass is 395 g/mol. The zero-order valence-electron chi connectivity index (χ0n) is 13.5. The van der Waals surface area contributed by atoms with Crippen LogP contribution in [0.3, 0.4) is 0 Å². The van der Waals surface area contributed by atoms with E-state index in [4.69, 9.17) is 12.2 Å². The summed E-state index contributed by atoms with van der Waals surface area (Å²) in [6.45, 7) is 0. The molecule has 0 aromatic heterocycles. The summed E-state index contributed by atoms with van der Waals surface area (Å²) in [5, 5.41) is 15.2. The number of carbonyl (C=O) groups is 1. The number of thiocarbonyl (C=S) groups is 1. The molecule has 0 heterocycles. The number of nitrogens with one attached hydrogen (secondary N) is 2. The molecule has 6 nitrogen and oxygen atoms in total. The molecule has 2 rings (SSSR count). The second kappa shape index (κ2) is 8.41. The maximum atomic E-state index is 12.7. The third-order valence-corrected chi connectivity index (χ3v) is 3.42. The van der Waals surface area contributed by atoms with Gasteiger partial charge in [0.2, 0.25) is 5.91 Å². The van der Waals surface area contributed by atoms with Crippen molar-refractivity contribution < 1.29 is 22.9 Å². The molecule has 0 aliphatic heterocycles. The quantitative estimate of drug-likeness (QED) is 0.352. The van der Waals surface area contributed by atoms with Crippen LogP contribution in [0.2, 0.25) is 0 Å². The third-order valence-electron chi connectivity index (χ3n) is 3.22. The van der Waals surface area contributed by atoms with Gasteiger partial charge < -0.3 is 5.32 Å². The lowest BCUT2D eigenvalue weighted by atomic mass is 10.2. The van der Waals surface area contributed by atoms with Gasteiger partial charge >= 0.3 is 6.18 Å². The first-order valence-corrected chi connectivity index (χ1v) is 7.78. The van der Waals surface area contributed by atoms with E-state index in [0.29, 0.717) is 5.56 Å². The van der Waals surface area contributed by atoms with Crippen molar-refractivity contribution in [3.8, 4) is 0 Å². The molecule has 0 bridgehead atoms. The first kappa shape index (κ1) is 20.0. The number of non-ortho nitro benzene ring substituents is 1. The molecule has 0 fully saturated rings. The molecular weight excluding hydrogens is 383 g/mol. The highest BCUT2D eigenvalue weighted by molar-refractivity contribution is 7.80. The van der Waals surface area contributed by atoms with E-state index in [1.54, 1.807) is 0 Å². The summed E-state index contributed by atoms with van der Waals surface area (Å²) in [6, 6.07) is 9.87. The fraction of sp³-hybridized carbons (Fsp3) is 0.0588. The van der Waals surface area contributed by atoms with Crippen molar-refractivity contribution in [1.29, 1.82) is 0 Å². The van der Waals surface area contributed by atoms with Gasteiger partial charge in [0, 0.05) is 23.9 Å². The predicted octanol–water partition coefficient (Wildman–Crippen LogP) is 4.14. The highest BCUT2D eigenvalue weighted by Gasteiger charge is 2.30. The van der Waals surface area contributed by atoms with E-state index in [-0.39, 0.29) is 16.5 Å². The molecule has 0 saturated carbocycles. The minimum Gasteiger partial charge on any atom is -0.332 e. The van der Waals surface area contributed by atoms with Gasteiger partial charge in [0.25, 0.3) is 5.69 Å². The molecule has 2 aromatic rings. The normalized spacial score (nSPS) is 11.2. The van der Waals surface area contributed by atoms with Crippen LogP contribution in [-0.2, 0) is 11.0 Å². The number of rotatable bonds is 4. The zero-order valence-corrected chi connectivity index (χ0v) is 14.3. The summed E-state index contributed by atoms with van der Waals surface area (Å²) >= 11 is 4.89. The lowest BCUT2D eigenvalue weighted by Gasteiger charge is -2.11. The highest BCUT2D eigenvalue weighted by atomic mass is 32.1. The predicted molar refractivity (Wildman–Crippen MR) is 97.9 cm³/mol. The Kier molecular flexibility index (Phi) is 6.24. The van der Waals surface area contributed by atoms with Crippen LogP contribution in [0.4, 0.5) is 24.5 Å². The van der Waals surface area contributed by atoms with E-state index in [2.05, 4.69) is 10.6 Å². The van der Waals surface area contributed by atoms with Gasteiger partial charge in [-0.2, -0.15) is 13.2 Å². The maximum Gasteiger partial charge on any atom is 0.416 e. The van der Waals surface area contributed by atoms with Crippen LogP contribution < -0.4 is 10.6 Å². The Balaban J connectivity index is 1.93. The van der Waals surface area contributed by atoms with Gasteiger partial charge in [-0.1, -0.05) is 6.07 Å². The molecule has 0 aliphatic carbocycles. The second-order valence-electron chi connectivity index (χ2n) is 5.20. The smallest absolute Gasteiger partial charge is 0.332 e. The number of anilines is 1. The van der Waals surface area contributed by atoms with Crippen molar-refractivity contribution in [2.45, 2.75) is 6.18 Å². The lowest BCUT2D eigenvalue weighted by Crippen LogP contribution is -2.32. The minimum atomic E-state index is -4.49. The van der Waals surface area contributed by atoms with Gasteiger partial charge in [-0.15, -0.1) is 0 Å². The van der Waals surface area contributed by atoms with Crippen molar-refractivity contribution in [1.82, 2.24) is 5.32 Å². The SMILES string of the molecule is O=C(/C=C/c1ccc([N+](=O)[O-])cc1)NC(=S)Nc1cccc(C(F)(F)F)c1. The van der Waals surface area contributed by atoms with Crippen molar-refractivity contribution in [3.05, 3.63) is 75.8 Å². The van der Waals surface area contributed by atoms with Gasteiger partial charge in [-0.05, 0) is 54.2 Å². The molecule has 0 radical (unpaired) electrons. The maximum absolute atomic E-state index is 12.7. The third kappa shape index (κ3) is 6.19. The lowest BCUT2D eigenvalue weighted by molar-refractivity contribution is -0.384. The molecule has 27 heavy (non-hydrogen) atoms. The second-order valence-corrected chi connectivity index (χ2v) is 5.61. The fourth-order valence-electron chi connectivity index (χ4n) is 1.97. The zero-order chi connectivity index (χ0) is 20.0. The number of benzene rings is 2. The van der Waals surface area contributed by atoms with Crippen LogP contribution in [0.5, 0.6) is 0 Å². The summed E-state index contributed by atoms with van der Waals surface area (Å²) in [5.41, 5.74) is -0.301. The van der Waals surface area contributed by atoms with E-state index >= 15 is 0 Å². The number of carbonyl (C=O) groups excluding carboxylic acids is 1. The van der Waals surface area contributed by atoms with Crippen LogP contribution in [0.15, 0.2) is 54.6 Å². The molecule has 10 heteroatoms. The minimum absolute atomic E-state index is 0.0782. The van der Waals surface area contributed by atoms with Gasteiger partial charge in [0.1, 0.15) is 0 Å². The van der Waals surface area contributed by atoms with Crippen LogP contribution >= 0.6 is 12.2 Å². The van der Waals surface area contributed by atoms with Crippen molar-refractivity contribution in [3.63, 3.8) is 0 Å². The van der Waals surface area contributed by atoms with Crippen LogP contribution in [0.25, 0.3) is 6.08 Å². The number of nitrogens with zero attached hydrogens (tertiary/aromatic N) is 1. The summed E-state index contributed by atoms with van der Waals surface area (Å²) < 4.78 is 38.0. The molecule has 0 unspecified atom stereocenters.